The predicted molar refractivity (Wildman–Crippen MR) is 112 cm³/mol. The quantitative estimate of drug-likeness (QED) is 0.500. The Morgan fingerprint density at radius 3 is 2.70 bits per heavy atom. The fourth-order valence-corrected chi connectivity index (χ4v) is 4.11. The van der Waals surface area contributed by atoms with Crippen molar-refractivity contribution in [2.45, 2.75) is 6.92 Å². The lowest BCUT2D eigenvalue weighted by Crippen LogP contribution is -2.49. The second kappa shape index (κ2) is 7.71. The highest BCUT2D eigenvalue weighted by molar-refractivity contribution is 7.13. The Kier molecular flexibility index (Phi) is 4.75. The molecule has 1 aliphatic heterocycles. The molecule has 0 aromatic carbocycles. The van der Waals surface area contributed by atoms with Gasteiger partial charge in [-0.1, -0.05) is 11.2 Å². The highest BCUT2D eigenvalue weighted by atomic mass is 32.1. The van der Waals surface area contributed by atoms with Crippen LogP contribution in [-0.4, -0.2) is 61.7 Å². The molecule has 5 heterocycles. The molecule has 0 saturated carbocycles. The number of hydrogen-bond donors (Lipinski definition) is 0. The van der Waals surface area contributed by atoms with Gasteiger partial charge in [0.05, 0.1) is 4.88 Å². The van der Waals surface area contributed by atoms with Crippen LogP contribution >= 0.6 is 11.3 Å². The molecule has 0 unspecified atom stereocenters. The van der Waals surface area contributed by atoms with Crippen molar-refractivity contribution in [1.29, 1.82) is 0 Å². The van der Waals surface area contributed by atoms with Crippen LogP contribution in [0, 0.1) is 6.92 Å². The van der Waals surface area contributed by atoms with E-state index in [4.69, 9.17) is 4.52 Å². The van der Waals surface area contributed by atoms with E-state index in [0.717, 1.165) is 16.5 Å². The van der Waals surface area contributed by atoms with Crippen molar-refractivity contribution in [2.24, 2.45) is 0 Å². The summed E-state index contributed by atoms with van der Waals surface area (Å²) in [5, 5.41) is 5.94. The fraction of sp³-hybridized carbons (Fsp3) is 0.250. The maximum atomic E-state index is 12.8. The van der Waals surface area contributed by atoms with Crippen molar-refractivity contribution in [3.05, 3.63) is 59.9 Å². The molecule has 152 valence electrons. The van der Waals surface area contributed by atoms with E-state index in [1.807, 2.05) is 41.3 Å². The first-order valence-corrected chi connectivity index (χ1v) is 10.4. The molecule has 1 saturated heterocycles. The molecule has 4 aromatic rings. The summed E-state index contributed by atoms with van der Waals surface area (Å²) in [6.07, 6.45) is 5.28. The molecule has 30 heavy (non-hydrogen) atoms. The summed E-state index contributed by atoms with van der Waals surface area (Å²) in [5.74, 6) is 2.82. The van der Waals surface area contributed by atoms with Crippen molar-refractivity contribution < 1.29 is 9.32 Å². The zero-order chi connectivity index (χ0) is 20.5. The van der Waals surface area contributed by atoms with Gasteiger partial charge in [0.15, 0.2) is 11.5 Å². The van der Waals surface area contributed by atoms with Gasteiger partial charge in [0.25, 0.3) is 5.91 Å². The normalized spacial score (nSPS) is 14.3. The number of nitrogens with zero attached hydrogens (tertiary/aromatic N) is 7. The number of piperazine rings is 1. The summed E-state index contributed by atoms with van der Waals surface area (Å²) in [6, 6.07) is 7.54. The molecule has 0 aliphatic carbocycles. The van der Waals surface area contributed by atoms with Gasteiger partial charge >= 0.3 is 0 Å². The van der Waals surface area contributed by atoms with Gasteiger partial charge in [-0.3, -0.25) is 9.36 Å². The Labute approximate surface area is 176 Å². The number of hydrogen-bond acceptors (Lipinski definition) is 8. The van der Waals surface area contributed by atoms with Crippen LogP contribution in [0.4, 0.5) is 5.82 Å². The summed E-state index contributed by atoms with van der Waals surface area (Å²) in [5.41, 5.74) is 0.340. The van der Waals surface area contributed by atoms with Crippen LogP contribution in [0.2, 0.25) is 0 Å². The summed E-state index contributed by atoms with van der Waals surface area (Å²) in [7, 11) is 0. The van der Waals surface area contributed by atoms with Gasteiger partial charge in [-0.05, 0) is 18.4 Å². The Balaban J connectivity index is 1.27. The van der Waals surface area contributed by atoms with Crippen molar-refractivity contribution in [3.63, 3.8) is 0 Å². The molecule has 1 fully saturated rings. The maximum absolute atomic E-state index is 12.8. The summed E-state index contributed by atoms with van der Waals surface area (Å²) in [6.45, 7) is 4.41. The van der Waals surface area contributed by atoms with Gasteiger partial charge < -0.3 is 14.3 Å². The number of imidazole rings is 1. The van der Waals surface area contributed by atoms with Crippen LogP contribution in [-0.2, 0) is 0 Å². The Morgan fingerprint density at radius 2 is 1.97 bits per heavy atom. The number of carbonyl (C=O) groups excluding carboxylic acids is 1. The Hall–Kier alpha value is -3.53. The minimum absolute atomic E-state index is 0.112. The van der Waals surface area contributed by atoms with E-state index in [1.165, 1.54) is 0 Å². The molecule has 1 aliphatic rings. The highest BCUT2D eigenvalue weighted by Crippen LogP contribution is 2.26. The largest absolute Gasteiger partial charge is 0.355 e. The molecule has 0 radical (unpaired) electrons. The van der Waals surface area contributed by atoms with E-state index in [1.54, 1.807) is 34.8 Å². The molecular formula is C20H19N7O2S. The average molecular weight is 421 g/mol. The van der Waals surface area contributed by atoms with E-state index in [-0.39, 0.29) is 5.91 Å². The van der Waals surface area contributed by atoms with Crippen molar-refractivity contribution in [2.75, 3.05) is 31.1 Å². The standard InChI is InChI=1S/C20H19N7O2S/c1-14-22-18(12-19(23-14)27-5-4-21-13-27)25-6-8-26(9-7-25)20(28)15-11-16(29-24-15)17-3-2-10-30-17/h2-5,10-13H,6-9H2,1H3. The molecule has 0 bridgehead atoms. The zero-order valence-electron chi connectivity index (χ0n) is 16.3. The monoisotopic (exact) mass is 421 g/mol. The summed E-state index contributed by atoms with van der Waals surface area (Å²) < 4.78 is 7.21. The van der Waals surface area contributed by atoms with E-state index >= 15 is 0 Å². The molecule has 9 nitrogen and oxygen atoms in total. The first-order chi connectivity index (χ1) is 14.7. The van der Waals surface area contributed by atoms with E-state index in [0.29, 0.717) is 43.5 Å². The number of anilines is 1. The number of rotatable bonds is 4. The number of carbonyl (C=O) groups is 1. The fourth-order valence-electron chi connectivity index (χ4n) is 3.44. The molecule has 5 rings (SSSR count). The lowest BCUT2D eigenvalue weighted by molar-refractivity contribution is 0.0736. The molecule has 1 amide bonds. The zero-order valence-corrected chi connectivity index (χ0v) is 17.1. The van der Waals surface area contributed by atoms with Crippen LogP contribution < -0.4 is 4.90 Å². The van der Waals surface area contributed by atoms with Crippen LogP contribution in [0.1, 0.15) is 16.3 Å². The van der Waals surface area contributed by atoms with Gasteiger partial charge in [-0.2, -0.15) is 0 Å². The predicted octanol–water partition coefficient (Wildman–Crippen LogP) is 2.65. The van der Waals surface area contributed by atoms with E-state index < -0.39 is 0 Å². The van der Waals surface area contributed by atoms with Crippen molar-refractivity contribution in [1.82, 2.24) is 29.6 Å². The van der Waals surface area contributed by atoms with Gasteiger partial charge in [0, 0.05) is 50.7 Å². The molecule has 0 atom stereocenters. The summed E-state index contributed by atoms with van der Waals surface area (Å²) >= 11 is 1.55. The lowest BCUT2D eigenvalue weighted by Gasteiger charge is -2.35. The van der Waals surface area contributed by atoms with E-state index in [9.17, 15) is 4.79 Å². The molecular weight excluding hydrogens is 402 g/mol. The van der Waals surface area contributed by atoms with Gasteiger partial charge in [0.1, 0.15) is 23.8 Å². The van der Waals surface area contributed by atoms with Crippen LogP contribution in [0.5, 0.6) is 0 Å². The van der Waals surface area contributed by atoms with Gasteiger partial charge in [-0.15, -0.1) is 11.3 Å². The maximum Gasteiger partial charge on any atom is 0.276 e. The minimum atomic E-state index is -0.112. The molecule has 10 heteroatoms. The van der Waals surface area contributed by atoms with Crippen LogP contribution in [0.25, 0.3) is 16.5 Å². The number of thiophene rings is 1. The smallest absolute Gasteiger partial charge is 0.276 e. The number of aryl methyl sites for hydroxylation is 1. The second-order valence-electron chi connectivity index (χ2n) is 6.93. The third kappa shape index (κ3) is 3.57. The first-order valence-electron chi connectivity index (χ1n) is 9.56. The highest BCUT2D eigenvalue weighted by Gasteiger charge is 2.26. The SMILES string of the molecule is Cc1nc(N2CCN(C(=O)c3cc(-c4cccs4)on3)CC2)cc(-n2ccnc2)n1. The topological polar surface area (TPSA) is 93.2 Å². The summed E-state index contributed by atoms with van der Waals surface area (Å²) in [4.78, 5) is 30.9. The van der Waals surface area contributed by atoms with Crippen LogP contribution in [0.3, 0.4) is 0 Å². The first kappa shape index (κ1) is 18.5. The number of aromatic nitrogens is 5. The Morgan fingerprint density at radius 1 is 1.13 bits per heavy atom. The molecule has 4 aromatic heterocycles. The third-order valence-electron chi connectivity index (χ3n) is 4.96. The molecule has 0 spiro atoms. The Bertz CT molecular complexity index is 1150. The van der Waals surface area contributed by atoms with Crippen LogP contribution in [0.15, 0.2) is 52.9 Å². The van der Waals surface area contributed by atoms with E-state index in [2.05, 4.69) is 25.0 Å². The van der Waals surface area contributed by atoms with Gasteiger partial charge in [0.2, 0.25) is 0 Å². The van der Waals surface area contributed by atoms with Gasteiger partial charge in [-0.25, -0.2) is 15.0 Å². The van der Waals surface area contributed by atoms with Crippen molar-refractivity contribution in [3.8, 4) is 16.5 Å². The minimum Gasteiger partial charge on any atom is -0.355 e. The second-order valence-corrected chi connectivity index (χ2v) is 7.88. The number of amides is 1. The third-order valence-corrected chi connectivity index (χ3v) is 5.85. The van der Waals surface area contributed by atoms with Crippen molar-refractivity contribution >= 4 is 23.1 Å². The lowest BCUT2D eigenvalue weighted by atomic mass is 10.2. The molecule has 0 N–H and O–H groups in total. The average Bonchev–Trinajstić information content (AvgIpc) is 3.55.